The Morgan fingerprint density at radius 2 is 0.783 bits per heavy atom. The van der Waals surface area contributed by atoms with Crippen molar-refractivity contribution in [3.63, 3.8) is 0 Å². The minimum Gasteiger partial charge on any atom is -0.466 e. The predicted molar refractivity (Wildman–Crippen MR) is 260 cm³/mol. The number of hydrogen-bond acceptors (Lipinski definition) is 5. The van der Waals surface area contributed by atoms with Gasteiger partial charge in [0.15, 0.2) is 0 Å². The first-order valence-corrected chi connectivity index (χ1v) is 26.9. The van der Waals surface area contributed by atoms with Crippen LogP contribution in [-0.2, 0) is 14.3 Å². The third-order valence-electron chi connectivity index (χ3n) is 12.6. The molecule has 356 valence electrons. The van der Waals surface area contributed by atoms with Gasteiger partial charge in [0.05, 0.1) is 25.4 Å². The number of nitrogens with one attached hydrogen (secondary N) is 1. The number of allylic oxidation sites excluding steroid dienone is 2. The number of carbonyl (C=O) groups excluding carboxylic acids is 2. The molecule has 0 saturated heterocycles. The van der Waals surface area contributed by atoms with E-state index in [1.165, 1.54) is 212 Å². The van der Waals surface area contributed by atoms with Crippen LogP contribution in [0.5, 0.6) is 0 Å². The van der Waals surface area contributed by atoms with Crippen LogP contribution in [0.25, 0.3) is 0 Å². The van der Waals surface area contributed by atoms with Gasteiger partial charge in [-0.1, -0.05) is 244 Å². The van der Waals surface area contributed by atoms with Crippen molar-refractivity contribution >= 4 is 11.9 Å². The normalized spacial score (nSPS) is 12.7. The lowest BCUT2D eigenvalue weighted by atomic mass is 10.0. The van der Waals surface area contributed by atoms with Crippen molar-refractivity contribution in [3.8, 4) is 0 Å². The zero-order valence-electron chi connectivity index (χ0n) is 40.5. The molecule has 0 heterocycles. The molecule has 3 N–H and O–H groups in total. The highest BCUT2D eigenvalue weighted by molar-refractivity contribution is 5.76. The number of ether oxygens (including phenoxy) is 1. The molecule has 2 unspecified atom stereocenters. The Morgan fingerprint density at radius 1 is 0.450 bits per heavy atom. The summed E-state index contributed by atoms with van der Waals surface area (Å²) in [6.07, 6.45) is 57.6. The van der Waals surface area contributed by atoms with Gasteiger partial charge in [-0.05, 0) is 51.4 Å². The summed E-state index contributed by atoms with van der Waals surface area (Å²) in [4.78, 5) is 24.4. The van der Waals surface area contributed by atoms with Gasteiger partial charge in [-0.3, -0.25) is 9.59 Å². The standard InChI is InChI=1S/C54H105NO5/c1-3-5-7-9-11-13-15-16-17-22-25-28-32-36-40-44-48-54(59)60-49-45-41-37-33-29-26-23-20-18-19-21-24-27-31-35-39-43-47-53(58)55-51(50-56)52(57)46-42-38-34-30-14-12-10-8-6-4-2/h18,20,51-52,56-57H,3-17,19,21-50H2,1-2H3,(H,55,58)/b20-18-. The molecule has 0 aromatic rings. The lowest BCUT2D eigenvalue weighted by Crippen LogP contribution is -2.45. The maximum Gasteiger partial charge on any atom is 0.305 e. The van der Waals surface area contributed by atoms with Crippen LogP contribution in [0.3, 0.4) is 0 Å². The average molecular weight is 848 g/mol. The second-order valence-corrected chi connectivity index (χ2v) is 18.6. The molecule has 0 saturated carbocycles. The predicted octanol–water partition coefficient (Wildman–Crippen LogP) is 16.1. The molecule has 0 radical (unpaired) electrons. The fourth-order valence-corrected chi connectivity index (χ4v) is 8.40. The number of aliphatic hydroxyl groups is 2. The van der Waals surface area contributed by atoms with E-state index in [-0.39, 0.29) is 18.5 Å². The molecule has 0 aromatic carbocycles. The Kier molecular flexibility index (Phi) is 49.1. The molecule has 2 atom stereocenters. The summed E-state index contributed by atoms with van der Waals surface area (Å²) in [5.41, 5.74) is 0. The van der Waals surface area contributed by atoms with Crippen molar-refractivity contribution in [2.75, 3.05) is 13.2 Å². The Morgan fingerprint density at radius 3 is 1.18 bits per heavy atom. The smallest absolute Gasteiger partial charge is 0.305 e. The van der Waals surface area contributed by atoms with Gasteiger partial charge in [0.25, 0.3) is 0 Å². The van der Waals surface area contributed by atoms with Crippen LogP contribution in [0, 0.1) is 0 Å². The molecule has 0 aliphatic carbocycles. The summed E-state index contributed by atoms with van der Waals surface area (Å²) in [6.45, 7) is 4.93. The van der Waals surface area contributed by atoms with Crippen molar-refractivity contribution in [1.29, 1.82) is 0 Å². The Hall–Kier alpha value is -1.40. The summed E-state index contributed by atoms with van der Waals surface area (Å²) < 4.78 is 5.47. The summed E-state index contributed by atoms with van der Waals surface area (Å²) in [5.74, 6) is -0.0464. The molecule has 6 nitrogen and oxygen atoms in total. The van der Waals surface area contributed by atoms with Crippen molar-refractivity contribution in [2.45, 2.75) is 309 Å². The second kappa shape index (κ2) is 50.2. The Labute approximate surface area is 374 Å². The van der Waals surface area contributed by atoms with E-state index in [9.17, 15) is 19.8 Å². The van der Waals surface area contributed by atoms with E-state index in [4.69, 9.17) is 4.74 Å². The van der Waals surface area contributed by atoms with Gasteiger partial charge in [0.1, 0.15) is 0 Å². The SMILES string of the molecule is CCCCCCCCCCCCCCCCCCC(=O)OCCCCCCCC/C=C\CCCCCCCCCC(=O)NC(CO)C(O)CCCCCCCCCCCC. The van der Waals surface area contributed by atoms with E-state index in [0.717, 1.165) is 51.4 Å². The molecule has 0 aliphatic rings. The summed E-state index contributed by atoms with van der Waals surface area (Å²) in [6, 6.07) is -0.547. The third-order valence-corrected chi connectivity index (χ3v) is 12.6. The summed E-state index contributed by atoms with van der Waals surface area (Å²) in [7, 11) is 0. The third kappa shape index (κ3) is 46.1. The lowest BCUT2D eigenvalue weighted by molar-refractivity contribution is -0.143. The Balaban J connectivity index is 3.41. The minimum absolute atomic E-state index is 0.00165. The van der Waals surface area contributed by atoms with Gasteiger partial charge in [-0.25, -0.2) is 0 Å². The number of amides is 1. The number of unbranched alkanes of at least 4 members (excludes halogenated alkanes) is 37. The van der Waals surface area contributed by atoms with E-state index in [1.54, 1.807) is 0 Å². The maximum absolute atomic E-state index is 12.4. The van der Waals surface area contributed by atoms with Crippen LogP contribution in [0.2, 0.25) is 0 Å². The first-order valence-electron chi connectivity index (χ1n) is 26.9. The number of hydrogen-bond donors (Lipinski definition) is 3. The fourth-order valence-electron chi connectivity index (χ4n) is 8.40. The average Bonchev–Trinajstić information content (AvgIpc) is 3.25. The van der Waals surface area contributed by atoms with Crippen LogP contribution in [0.1, 0.15) is 296 Å². The van der Waals surface area contributed by atoms with Gasteiger partial charge in [0.2, 0.25) is 5.91 Å². The van der Waals surface area contributed by atoms with Gasteiger partial charge in [0, 0.05) is 12.8 Å². The summed E-state index contributed by atoms with van der Waals surface area (Å²) in [5, 5.41) is 23.1. The molecule has 0 fully saturated rings. The molecule has 1 amide bonds. The van der Waals surface area contributed by atoms with Crippen molar-refractivity contribution in [3.05, 3.63) is 12.2 Å². The topological polar surface area (TPSA) is 95.9 Å². The van der Waals surface area contributed by atoms with Crippen molar-refractivity contribution < 1.29 is 24.5 Å². The van der Waals surface area contributed by atoms with E-state index in [0.29, 0.717) is 25.9 Å². The first kappa shape index (κ1) is 58.6. The van der Waals surface area contributed by atoms with Gasteiger partial charge >= 0.3 is 5.97 Å². The zero-order valence-corrected chi connectivity index (χ0v) is 40.5. The van der Waals surface area contributed by atoms with Crippen LogP contribution in [0.15, 0.2) is 12.2 Å². The van der Waals surface area contributed by atoms with E-state index < -0.39 is 12.1 Å². The molecular formula is C54H105NO5. The molecular weight excluding hydrogens is 743 g/mol. The van der Waals surface area contributed by atoms with Crippen molar-refractivity contribution in [1.82, 2.24) is 5.32 Å². The van der Waals surface area contributed by atoms with Gasteiger partial charge in [-0.15, -0.1) is 0 Å². The monoisotopic (exact) mass is 848 g/mol. The molecule has 0 bridgehead atoms. The van der Waals surface area contributed by atoms with Crippen LogP contribution in [-0.4, -0.2) is 47.4 Å². The highest BCUT2D eigenvalue weighted by Gasteiger charge is 2.20. The molecule has 0 aromatic heterocycles. The quantitative estimate of drug-likeness (QED) is 0.0322. The highest BCUT2D eigenvalue weighted by Crippen LogP contribution is 2.17. The van der Waals surface area contributed by atoms with Crippen LogP contribution >= 0.6 is 0 Å². The largest absolute Gasteiger partial charge is 0.466 e. The van der Waals surface area contributed by atoms with Crippen molar-refractivity contribution in [2.24, 2.45) is 0 Å². The molecule has 0 spiro atoms. The summed E-state index contributed by atoms with van der Waals surface area (Å²) >= 11 is 0. The highest BCUT2D eigenvalue weighted by atomic mass is 16.5. The number of esters is 1. The minimum atomic E-state index is -0.669. The molecule has 0 aliphatic heterocycles. The van der Waals surface area contributed by atoms with Gasteiger partial charge in [-0.2, -0.15) is 0 Å². The van der Waals surface area contributed by atoms with E-state index in [2.05, 4.69) is 31.3 Å². The molecule has 60 heavy (non-hydrogen) atoms. The lowest BCUT2D eigenvalue weighted by Gasteiger charge is -2.22. The maximum atomic E-state index is 12.4. The number of aliphatic hydroxyl groups excluding tert-OH is 2. The number of rotatable bonds is 50. The van der Waals surface area contributed by atoms with Crippen LogP contribution < -0.4 is 5.32 Å². The molecule has 0 rings (SSSR count). The zero-order chi connectivity index (χ0) is 43.7. The number of carbonyl (C=O) groups is 2. The fraction of sp³-hybridized carbons (Fsp3) is 0.926. The Bertz CT molecular complexity index is 893. The van der Waals surface area contributed by atoms with Gasteiger partial charge < -0.3 is 20.3 Å². The van der Waals surface area contributed by atoms with Crippen LogP contribution in [0.4, 0.5) is 0 Å². The first-order chi connectivity index (χ1) is 29.5. The van der Waals surface area contributed by atoms with E-state index >= 15 is 0 Å². The second-order valence-electron chi connectivity index (χ2n) is 18.6. The van der Waals surface area contributed by atoms with E-state index in [1.807, 2.05) is 0 Å². The molecule has 6 heteroatoms.